The number of carbonyl (C=O) groups is 1. The van der Waals surface area contributed by atoms with E-state index in [1.165, 1.54) is 6.26 Å². The zero-order valence-corrected chi connectivity index (χ0v) is 8.23. The van der Waals surface area contributed by atoms with Gasteiger partial charge in [0.25, 0.3) is 5.89 Å². The molecule has 4 nitrogen and oxygen atoms in total. The maximum absolute atomic E-state index is 11.6. The first kappa shape index (κ1) is 9.45. The quantitative estimate of drug-likeness (QED) is 0.812. The van der Waals surface area contributed by atoms with E-state index in [4.69, 9.17) is 4.42 Å². The molecule has 0 aliphatic heterocycles. The Morgan fingerprint density at radius 3 is 2.67 bits per heavy atom. The summed E-state index contributed by atoms with van der Waals surface area (Å²) >= 11 is 0. The molecular weight excluding hydrogens is 192 g/mol. The Balaban J connectivity index is 2.11. The molecule has 0 radical (unpaired) electrons. The van der Waals surface area contributed by atoms with Gasteiger partial charge in [0, 0.05) is 5.69 Å². The van der Waals surface area contributed by atoms with Crippen LogP contribution in [0.15, 0.2) is 41.0 Å². The van der Waals surface area contributed by atoms with Crippen LogP contribution in [0.4, 0.5) is 5.69 Å². The van der Waals surface area contributed by atoms with Crippen molar-refractivity contribution >= 4 is 11.6 Å². The van der Waals surface area contributed by atoms with Crippen molar-refractivity contribution in [3.05, 3.63) is 48.2 Å². The smallest absolute Gasteiger partial charge is 0.311 e. The number of aryl methyl sites for hydroxylation is 1. The van der Waals surface area contributed by atoms with E-state index in [-0.39, 0.29) is 11.8 Å². The van der Waals surface area contributed by atoms with Gasteiger partial charge in [-0.05, 0) is 19.1 Å². The van der Waals surface area contributed by atoms with Gasteiger partial charge in [0.2, 0.25) is 0 Å². The third kappa shape index (κ3) is 2.22. The molecule has 0 aliphatic carbocycles. The number of amides is 1. The van der Waals surface area contributed by atoms with Crippen LogP contribution in [0.1, 0.15) is 16.4 Å². The third-order valence-corrected chi connectivity index (χ3v) is 1.84. The molecular formula is C11H10N2O2. The van der Waals surface area contributed by atoms with Crippen LogP contribution in [-0.2, 0) is 0 Å². The van der Waals surface area contributed by atoms with Crippen molar-refractivity contribution in [2.75, 3.05) is 5.32 Å². The molecule has 0 atom stereocenters. The molecule has 0 spiro atoms. The van der Waals surface area contributed by atoms with E-state index in [0.29, 0.717) is 5.69 Å². The molecule has 15 heavy (non-hydrogen) atoms. The lowest BCUT2D eigenvalue weighted by Crippen LogP contribution is -2.12. The molecule has 2 aromatic rings. The Bertz CT molecular complexity index is 462. The topological polar surface area (TPSA) is 55.1 Å². The van der Waals surface area contributed by atoms with Crippen molar-refractivity contribution in [2.45, 2.75) is 6.92 Å². The van der Waals surface area contributed by atoms with E-state index in [2.05, 4.69) is 10.3 Å². The summed E-state index contributed by atoms with van der Waals surface area (Å²) in [6.45, 7) is 1.77. The van der Waals surface area contributed by atoms with Gasteiger partial charge in [-0.2, -0.15) is 0 Å². The fraction of sp³-hybridized carbons (Fsp3) is 0.0909. The van der Waals surface area contributed by atoms with Crippen molar-refractivity contribution < 1.29 is 9.21 Å². The van der Waals surface area contributed by atoms with Gasteiger partial charge in [-0.25, -0.2) is 4.98 Å². The minimum atomic E-state index is -0.339. The molecule has 0 saturated heterocycles. The summed E-state index contributed by atoms with van der Waals surface area (Å²) in [5.74, 6) is -0.259. The SMILES string of the molecule is Cc1coc(C(=O)Nc2ccccc2)n1. The standard InChI is InChI=1S/C11H10N2O2/c1-8-7-15-11(12-8)10(14)13-9-5-3-2-4-6-9/h2-7H,1H3,(H,13,14). The molecule has 76 valence electrons. The van der Waals surface area contributed by atoms with Gasteiger partial charge in [0.1, 0.15) is 6.26 Å². The Kier molecular flexibility index (Phi) is 2.49. The summed E-state index contributed by atoms with van der Waals surface area (Å²) in [6, 6.07) is 9.17. The molecule has 4 heteroatoms. The van der Waals surface area contributed by atoms with Crippen LogP contribution in [0.25, 0.3) is 0 Å². The number of hydrogen-bond acceptors (Lipinski definition) is 3. The van der Waals surface area contributed by atoms with Crippen LogP contribution in [0.3, 0.4) is 0 Å². The Morgan fingerprint density at radius 2 is 2.07 bits per heavy atom. The maximum atomic E-state index is 11.6. The number of rotatable bonds is 2. The predicted molar refractivity (Wildman–Crippen MR) is 55.6 cm³/mol. The summed E-state index contributed by atoms with van der Waals surface area (Å²) in [7, 11) is 0. The molecule has 1 heterocycles. The van der Waals surface area contributed by atoms with Crippen LogP contribution in [0, 0.1) is 6.92 Å². The van der Waals surface area contributed by atoms with Crippen LogP contribution >= 0.6 is 0 Å². The second-order valence-corrected chi connectivity index (χ2v) is 3.11. The number of oxazole rings is 1. The minimum Gasteiger partial charge on any atom is -0.441 e. The van der Waals surface area contributed by atoms with Crippen LogP contribution in [-0.4, -0.2) is 10.9 Å². The van der Waals surface area contributed by atoms with Crippen molar-refractivity contribution in [2.24, 2.45) is 0 Å². The third-order valence-electron chi connectivity index (χ3n) is 1.84. The molecule has 1 aromatic carbocycles. The molecule has 1 aromatic heterocycles. The van der Waals surface area contributed by atoms with E-state index < -0.39 is 0 Å². The summed E-state index contributed by atoms with van der Waals surface area (Å²) in [6.07, 6.45) is 1.44. The maximum Gasteiger partial charge on any atom is 0.311 e. The average molecular weight is 202 g/mol. The van der Waals surface area contributed by atoms with Crippen molar-refractivity contribution in [1.29, 1.82) is 0 Å². The number of para-hydroxylation sites is 1. The number of carbonyl (C=O) groups excluding carboxylic acids is 1. The molecule has 0 bridgehead atoms. The highest BCUT2D eigenvalue weighted by molar-refractivity contribution is 6.00. The molecule has 0 unspecified atom stereocenters. The van der Waals surface area contributed by atoms with Gasteiger partial charge in [0.05, 0.1) is 5.69 Å². The van der Waals surface area contributed by atoms with Gasteiger partial charge in [0.15, 0.2) is 0 Å². The zero-order chi connectivity index (χ0) is 10.7. The highest BCUT2D eigenvalue weighted by Crippen LogP contribution is 2.08. The summed E-state index contributed by atoms with van der Waals surface area (Å²) < 4.78 is 4.98. The van der Waals surface area contributed by atoms with Gasteiger partial charge in [-0.1, -0.05) is 18.2 Å². The lowest BCUT2D eigenvalue weighted by Gasteiger charge is -2.00. The number of anilines is 1. The van der Waals surface area contributed by atoms with Gasteiger partial charge in [-0.3, -0.25) is 4.79 Å². The number of benzene rings is 1. The number of nitrogens with zero attached hydrogens (tertiary/aromatic N) is 1. The Labute approximate surface area is 86.9 Å². The van der Waals surface area contributed by atoms with E-state index in [1.807, 2.05) is 18.2 Å². The second kappa shape index (κ2) is 3.96. The lowest BCUT2D eigenvalue weighted by atomic mass is 10.3. The highest BCUT2D eigenvalue weighted by Gasteiger charge is 2.11. The van der Waals surface area contributed by atoms with Gasteiger partial charge < -0.3 is 9.73 Å². The number of nitrogens with one attached hydrogen (secondary N) is 1. The monoisotopic (exact) mass is 202 g/mol. The molecule has 2 rings (SSSR count). The second-order valence-electron chi connectivity index (χ2n) is 3.11. The number of aromatic nitrogens is 1. The van der Waals surface area contributed by atoms with E-state index >= 15 is 0 Å². The predicted octanol–water partition coefficient (Wildman–Crippen LogP) is 2.24. The van der Waals surface area contributed by atoms with Crippen molar-refractivity contribution in [1.82, 2.24) is 4.98 Å². The first-order valence-corrected chi connectivity index (χ1v) is 4.54. The fourth-order valence-electron chi connectivity index (χ4n) is 1.16. The van der Waals surface area contributed by atoms with Crippen molar-refractivity contribution in [3.63, 3.8) is 0 Å². The van der Waals surface area contributed by atoms with Gasteiger partial charge in [-0.15, -0.1) is 0 Å². The summed E-state index contributed by atoms with van der Waals surface area (Å²) in [4.78, 5) is 15.5. The van der Waals surface area contributed by atoms with Crippen LogP contribution < -0.4 is 5.32 Å². The average Bonchev–Trinajstić information content (AvgIpc) is 2.66. The molecule has 0 fully saturated rings. The van der Waals surface area contributed by atoms with Crippen LogP contribution in [0.5, 0.6) is 0 Å². The van der Waals surface area contributed by atoms with E-state index in [1.54, 1.807) is 19.1 Å². The number of hydrogen-bond donors (Lipinski definition) is 1. The molecule has 0 saturated carbocycles. The minimum absolute atomic E-state index is 0.0800. The van der Waals surface area contributed by atoms with E-state index in [9.17, 15) is 4.79 Å². The molecule has 1 N–H and O–H groups in total. The summed E-state index contributed by atoms with van der Waals surface area (Å²) in [5, 5.41) is 2.68. The fourth-order valence-corrected chi connectivity index (χ4v) is 1.16. The molecule has 1 amide bonds. The lowest BCUT2D eigenvalue weighted by molar-refractivity contribution is 0.0990. The first-order valence-electron chi connectivity index (χ1n) is 4.54. The Hall–Kier alpha value is -2.10. The van der Waals surface area contributed by atoms with Gasteiger partial charge >= 0.3 is 5.91 Å². The first-order chi connectivity index (χ1) is 7.25. The molecule has 0 aliphatic rings. The Morgan fingerprint density at radius 1 is 1.33 bits per heavy atom. The normalized spacial score (nSPS) is 9.93. The van der Waals surface area contributed by atoms with Crippen molar-refractivity contribution in [3.8, 4) is 0 Å². The van der Waals surface area contributed by atoms with Crippen LogP contribution in [0.2, 0.25) is 0 Å². The van der Waals surface area contributed by atoms with E-state index in [0.717, 1.165) is 5.69 Å². The largest absolute Gasteiger partial charge is 0.441 e. The highest BCUT2D eigenvalue weighted by atomic mass is 16.4. The summed E-state index contributed by atoms with van der Waals surface area (Å²) in [5.41, 5.74) is 1.41. The zero-order valence-electron chi connectivity index (χ0n) is 8.23.